The quantitative estimate of drug-likeness (QED) is 0.392. The van der Waals surface area contributed by atoms with E-state index in [1.807, 2.05) is 24.8 Å². The highest BCUT2D eigenvalue weighted by molar-refractivity contribution is 8.01. The van der Waals surface area contributed by atoms with Crippen LogP contribution >= 0.6 is 11.8 Å². The summed E-state index contributed by atoms with van der Waals surface area (Å²) in [5.74, 6) is 0.683. The van der Waals surface area contributed by atoms with Crippen molar-refractivity contribution in [2.75, 3.05) is 0 Å². The number of thioether (sulfide) groups is 1. The van der Waals surface area contributed by atoms with Crippen LogP contribution in [0.1, 0.15) is 30.1 Å². The molecule has 2 aromatic carbocycles. The van der Waals surface area contributed by atoms with Crippen LogP contribution < -0.4 is 9.47 Å². The number of hydrogen-bond donors (Lipinski definition) is 0. The number of carbonyl (C=O) groups is 1. The SMILES string of the molecule is C=C(C)C1(Oc2cc(C(=O)Oc3ccccc3)ccc2F)C2CC3CC1C3S2. The Morgan fingerprint density at radius 3 is 2.64 bits per heavy atom. The van der Waals surface area contributed by atoms with E-state index in [4.69, 9.17) is 9.47 Å². The second-order valence-electron chi connectivity index (χ2n) is 7.95. The molecule has 3 fully saturated rings. The minimum Gasteiger partial charge on any atom is -0.478 e. The molecule has 0 N–H and O–H groups in total. The van der Waals surface area contributed by atoms with E-state index in [-0.39, 0.29) is 11.3 Å². The van der Waals surface area contributed by atoms with Crippen LogP contribution in [0.2, 0.25) is 0 Å². The fourth-order valence-corrected chi connectivity index (χ4v) is 7.29. The van der Waals surface area contributed by atoms with E-state index in [9.17, 15) is 9.18 Å². The lowest BCUT2D eigenvalue weighted by Gasteiger charge is -2.53. The van der Waals surface area contributed by atoms with Crippen LogP contribution in [-0.4, -0.2) is 22.1 Å². The van der Waals surface area contributed by atoms with Gasteiger partial charge < -0.3 is 9.47 Å². The van der Waals surface area contributed by atoms with Gasteiger partial charge in [0.1, 0.15) is 11.4 Å². The third kappa shape index (κ3) is 2.52. The lowest BCUT2D eigenvalue weighted by Crippen LogP contribution is -2.60. The van der Waals surface area contributed by atoms with Crippen molar-refractivity contribution in [1.29, 1.82) is 0 Å². The normalized spacial score (nSPS) is 31.9. The molecule has 5 rings (SSSR count). The van der Waals surface area contributed by atoms with Gasteiger partial charge in [-0.1, -0.05) is 24.8 Å². The molecule has 2 aromatic rings. The smallest absolute Gasteiger partial charge is 0.343 e. The van der Waals surface area contributed by atoms with Crippen LogP contribution in [0.15, 0.2) is 60.7 Å². The molecule has 5 unspecified atom stereocenters. The van der Waals surface area contributed by atoms with Gasteiger partial charge in [0, 0.05) is 16.4 Å². The maximum absolute atomic E-state index is 14.6. The number of esters is 1. The van der Waals surface area contributed by atoms with Crippen molar-refractivity contribution < 1.29 is 18.7 Å². The summed E-state index contributed by atoms with van der Waals surface area (Å²) in [6.45, 7) is 6.16. The first-order valence-electron chi connectivity index (χ1n) is 9.56. The Hall–Kier alpha value is -2.27. The molecular weight excluding hydrogens is 375 g/mol. The Labute approximate surface area is 167 Å². The molecule has 2 bridgehead atoms. The molecule has 3 nitrogen and oxygen atoms in total. The second kappa shape index (κ2) is 6.38. The summed E-state index contributed by atoms with van der Waals surface area (Å²) in [6.07, 6.45) is 2.20. The van der Waals surface area contributed by atoms with Crippen molar-refractivity contribution in [1.82, 2.24) is 0 Å². The molecule has 2 saturated heterocycles. The zero-order valence-electron chi connectivity index (χ0n) is 15.6. The summed E-state index contributed by atoms with van der Waals surface area (Å²) in [6, 6.07) is 13.0. The molecular formula is C23H21FO3S. The Balaban J connectivity index is 1.43. The van der Waals surface area contributed by atoms with Crippen LogP contribution in [0.3, 0.4) is 0 Å². The van der Waals surface area contributed by atoms with Crippen LogP contribution in [-0.2, 0) is 0 Å². The van der Waals surface area contributed by atoms with Gasteiger partial charge in [0.15, 0.2) is 11.6 Å². The van der Waals surface area contributed by atoms with Crippen molar-refractivity contribution in [2.24, 2.45) is 11.8 Å². The van der Waals surface area contributed by atoms with E-state index in [0.717, 1.165) is 24.3 Å². The molecule has 2 aliphatic heterocycles. The molecule has 0 radical (unpaired) electrons. The number of benzene rings is 2. The van der Waals surface area contributed by atoms with E-state index in [2.05, 4.69) is 6.58 Å². The molecule has 5 heteroatoms. The fourth-order valence-electron chi connectivity index (χ4n) is 4.98. The zero-order valence-corrected chi connectivity index (χ0v) is 16.4. The first-order chi connectivity index (χ1) is 13.5. The molecule has 5 atom stereocenters. The predicted molar refractivity (Wildman–Crippen MR) is 107 cm³/mol. The number of carbonyl (C=O) groups excluding carboxylic acids is 1. The Bertz CT molecular complexity index is 954. The molecule has 144 valence electrons. The number of rotatable bonds is 5. The molecule has 3 aliphatic rings. The highest BCUT2D eigenvalue weighted by atomic mass is 32.2. The zero-order chi connectivity index (χ0) is 19.5. The van der Waals surface area contributed by atoms with Crippen LogP contribution in [0.4, 0.5) is 4.39 Å². The van der Waals surface area contributed by atoms with Crippen LogP contribution in [0, 0.1) is 17.7 Å². The summed E-state index contributed by atoms with van der Waals surface area (Å²) in [5.41, 5.74) is 0.652. The maximum Gasteiger partial charge on any atom is 0.343 e. The molecule has 1 aliphatic carbocycles. The van der Waals surface area contributed by atoms with E-state index < -0.39 is 17.4 Å². The lowest BCUT2D eigenvalue weighted by molar-refractivity contribution is -0.0461. The molecule has 1 saturated carbocycles. The highest BCUT2D eigenvalue weighted by Gasteiger charge is 2.70. The van der Waals surface area contributed by atoms with Gasteiger partial charge >= 0.3 is 5.97 Å². The van der Waals surface area contributed by atoms with Gasteiger partial charge in [-0.15, -0.1) is 11.8 Å². The van der Waals surface area contributed by atoms with E-state index in [1.165, 1.54) is 18.2 Å². The van der Waals surface area contributed by atoms with Crippen LogP contribution in [0.5, 0.6) is 11.5 Å². The predicted octanol–water partition coefficient (Wildman–Crippen LogP) is 5.26. The van der Waals surface area contributed by atoms with Gasteiger partial charge in [0.25, 0.3) is 0 Å². The average Bonchev–Trinajstić information content (AvgIpc) is 3.12. The van der Waals surface area contributed by atoms with Gasteiger partial charge in [-0.2, -0.15) is 0 Å². The second-order valence-corrected chi connectivity index (χ2v) is 9.34. The monoisotopic (exact) mass is 396 g/mol. The number of fused-ring (bicyclic) bond motifs is 1. The molecule has 0 amide bonds. The standard InChI is InChI=1S/C23H21FO3S/c1-13(2)23(17-10-15-12-20(23)28-21(15)17)27-19-11-14(8-9-18(19)24)22(25)26-16-6-4-3-5-7-16/h3-9,11,15,17,20-21H,1,10,12H2,2H3. The molecule has 0 spiro atoms. The van der Waals surface area contributed by atoms with Gasteiger partial charge in [-0.3, -0.25) is 0 Å². The lowest BCUT2D eigenvalue weighted by atomic mass is 9.56. The minimum atomic E-state index is -0.549. The number of hydrogen-bond acceptors (Lipinski definition) is 4. The maximum atomic E-state index is 14.6. The summed E-state index contributed by atoms with van der Waals surface area (Å²) in [7, 11) is 0. The van der Waals surface area contributed by atoms with Crippen molar-refractivity contribution in [2.45, 2.75) is 35.9 Å². The Morgan fingerprint density at radius 2 is 2.00 bits per heavy atom. The highest BCUT2D eigenvalue weighted by Crippen LogP contribution is 2.70. The first-order valence-corrected chi connectivity index (χ1v) is 10.5. The van der Waals surface area contributed by atoms with Crippen molar-refractivity contribution in [3.63, 3.8) is 0 Å². The summed E-state index contributed by atoms with van der Waals surface area (Å²) >= 11 is 1.96. The third-order valence-electron chi connectivity index (χ3n) is 6.35. The summed E-state index contributed by atoms with van der Waals surface area (Å²) in [4.78, 5) is 12.5. The van der Waals surface area contributed by atoms with E-state index in [0.29, 0.717) is 22.2 Å². The van der Waals surface area contributed by atoms with Gasteiger partial charge in [-0.25, -0.2) is 9.18 Å². The van der Waals surface area contributed by atoms with Crippen molar-refractivity contribution in [3.05, 3.63) is 72.1 Å². The third-order valence-corrected chi connectivity index (χ3v) is 8.25. The summed E-state index contributed by atoms with van der Waals surface area (Å²) < 4.78 is 26.4. The summed E-state index contributed by atoms with van der Waals surface area (Å²) in [5, 5.41) is 0.897. The van der Waals surface area contributed by atoms with Gasteiger partial charge in [0.2, 0.25) is 0 Å². The van der Waals surface area contributed by atoms with Crippen molar-refractivity contribution in [3.8, 4) is 11.5 Å². The van der Waals surface area contributed by atoms with Gasteiger partial charge in [-0.05, 0) is 61.6 Å². The minimum absolute atomic E-state index is 0.0992. The largest absolute Gasteiger partial charge is 0.478 e. The number of halogens is 1. The molecule has 28 heavy (non-hydrogen) atoms. The topological polar surface area (TPSA) is 35.5 Å². The van der Waals surface area contributed by atoms with Crippen LogP contribution in [0.25, 0.3) is 0 Å². The average molecular weight is 396 g/mol. The molecule has 2 heterocycles. The first kappa shape index (κ1) is 17.8. The molecule has 0 aromatic heterocycles. The van der Waals surface area contributed by atoms with E-state index >= 15 is 0 Å². The van der Waals surface area contributed by atoms with Gasteiger partial charge in [0.05, 0.1) is 5.56 Å². The van der Waals surface area contributed by atoms with E-state index in [1.54, 1.807) is 24.3 Å². The Kier molecular flexibility index (Phi) is 4.05. The number of para-hydroxylation sites is 1. The Morgan fingerprint density at radius 1 is 1.21 bits per heavy atom. The number of ether oxygens (including phenoxy) is 2. The fraction of sp³-hybridized carbons (Fsp3) is 0.348. The van der Waals surface area contributed by atoms with Crippen molar-refractivity contribution >= 4 is 17.7 Å².